The van der Waals surface area contributed by atoms with Crippen LogP contribution in [0.3, 0.4) is 0 Å². The fraction of sp³-hybridized carbons (Fsp3) is 0.290. The Labute approximate surface area is 227 Å². The Balaban J connectivity index is 1.38. The number of fused-ring (bicyclic) bond motifs is 2. The van der Waals surface area contributed by atoms with Crippen LogP contribution in [0, 0.1) is 5.92 Å². The number of anilines is 1. The van der Waals surface area contributed by atoms with E-state index < -0.39 is 0 Å². The van der Waals surface area contributed by atoms with Gasteiger partial charge in [0.05, 0.1) is 35.0 Å². The molecule has 2 aliphatic rings. The van der Waals surface area contributed by atoms with Crippen LogP contribution in [0.4, 0.5) is 11.4 Å². The van der Waals surface area contributed by atoms with E-state index in [1.807, 2.05) is 56.1 Å². The first kappa shape index (κ1) is 24.9. The zero-order chi connectivity index (χ0) is 26.8. The van der Waals surface area contributed by atoms with Gasteiger partial charge >= 0.3 is 0 Å². The van der Waals surface area contributed by atoms with Crippen molar-refractivity contribution in [2.45, 2.75) is 51.9 Å². The van der Waals surface area contributed by atoms with Crippen molar-refractivity contribution in [3.8, 4) is 11.1 Å². The summed E-state index contributed by atoms with van der Waals surface area (Å²) in [7, 11) is 0. The molecule has 6 rings (SSSR count). The zero-order valence-electron chi connectivity index (χ0n) is 22.2. The molecule has 2 aliphatic heterocycles. The molecule has 0 aliphatic carbocycles. The summed E-state index contributed by atoms with van der Waals surface area (Å²) in [6, 6.07) is 8.18. The minimum absolute atomic E-state index is 0.00416. The molecule has 2 atom stereocenters. The van der Waals surface area contributed by atoms with Gasteiger partial charge in [0.25, 0.3) is 0 Å². The van der Waals surface area contributed by atoms with Gasteiger partial charge in [0.2, 0.25) is 5.91 Å². The summed E-state index contributed by atoms with van der Waals surface area (Å²) >= 11 is 0. The highest BCUT2D eigenvalue weighted by atomic mass is 16.1. The number of carbonyl (C=O) groups is 1. The largest absolute Gasteiger partial charge is 0.325 e. The van der Waals surface area contributed by atoms with E-state index in [9.17, 15) is 4.79 Å². The van der Waals surface area contributed by atoms with Crippen LogP contribution in [0.5, 0.6) is 0 Å². The number of aliphatic imine (C=N–C) groups is 2. The Kier molecular flexibility index (Phi) is 6.84. The number of hydrogen-bond acceptors (Lipinski definition) is 6. The molecule has 2 unspecified atom stereocenters. The Morgan fingerprint density at radius 3 is 2.79 bits per heavy atom. The van der Waals surface area contributed by atoms with Gasteiger partial charge in [-0.05, 0) is 60.6 Å². The van der Waals surface area contributed by atoms with E-state index in [2.05, 4.69) is 44.4 Å². The van der Waals surface area contributed by atoms with Gasteiger partial charge in [-0.15, -0.1) is 0 Å². The number of nitrogens with one attached hydrogen (secondary N) is 2. The van der Waals surface area contributed by atoms with Crippen molar-refractivity contribution in [3.05, 3.63) is 78.1 Å². The topological polar surface area (TPSA) is 108 Å². The predicted molar refractivity (Wildman–Crippen MR) is 156 cm³/mol. The molecule has 0 saturated carbocycles. The second-order valence-electron chi connectivity index (χ2n) is 10.1. The van der Waals surface area contributed by atoms with E-state index in [0.717, 1.165) is 64.8 Å². The summed E-state index contributed by atoms with van der Waals surface area (Å²) in [4.78, 5) is 30.4. The average Bonchev–Trinajstić information content (AvgIpc) is 3.40. The minimum Gasteiger partial charge on any atom is -0.325 e. The van der Waals surface area contributed by atoms with Gasteiger partial charge in [0.1, 0.15) is 5.69 Å². The summed E-state index contributed by atoms with van der Waals surface area (Å²) in [5.41, 5.74) is 8.89. The molecule has 0 spiro atoms. The second-order valence-corrected chi connectivity index (χ2v) is 10.1. The molecule has 8 nitrogen and oxygen atoms in total. The number of aromatic nitrogens is 4. The van der Waals surface area contributed by atoms with Gasteiger partial charge in [-0.1, -0.05) is 26.0 Å². The molecule has 0 fully saturated rings. The van der Waals surface area contributed by atoms with Crippen molar-refractivity contribution >= 4 is 40.1 Å². The molecule has 1 amide bonds. The highest BCUT2D eigenvalue weighted by Crippen LogP contribution is 2.39. The first-order valence-corrected chi connectivity index (χ1v) is 13.6. The van der Waals surface area contributed by atoms with Crippen LogP contribution in [-0.2, 0) is 11.2 Å². The average molecular weight is 518 g/mol. The Bertz CT molecular complexity index is 1630. The van der Waals surface area contributed by atoms with E-state index in [1.54, 1.807) is 6.20 Å². The van der Waals surface area contributed by atoms with Crippen molar-refractivity contribution in [2.75, 3.05) is 5.32 Å². The van der Waals surface area contributed by atoms with Crippen LogP contribution < -0.4 is 5.32 Å². The van der Waals surface area contributed by atoms with E-state index >= 15 is 0 Å². The molecule has 0 radical (unpaired) electrons. The molecule has 2 N–H and O–H groups in total. The van der Waals surface area contributed by atoms with E-state index in [4.69, 9.17) is 10.1 Å². The third-order valence-corrected chi connectivity index (χ3v) is 7.55. The van der Waals surface area contributed by atoms with Gasteiger partial charge < -0.3 is 5.32 Å². The molecule has 39 heavy (non-hydrogen) atoms. The summed E-state index contributed by atoms with van der Waals surface area (Å²) in [6.45, 7) is 4.20. The van der Waals surface area contributed by atoms with Crippen molar-refractivity contribution in [3.63, 3.8) is 0 Å². The number of amides is 1. The minimum atomic E-state index is -0.00416. The third kappa shape index (κ3) is 4.90. The number of pyridine rings is 2. The van der Waals surface area contributed by atoms with E-state index in [-0.39, 0.29) is 17.7 Å². The summed E-state index contributed by atoms with van der Waals surface area (Å²) in [6.07, 6.45) is 17.4. The fourth-order valence-corrected chi connectivity index (χ4v) is 5.48. The molecule has 8 heteroatoms. The standard InChI is InChI=1S/C31H31N7O/c1-3-5-29(39)35-23-12-22(15-33-16-23)21-6-7-27-25(14-21)31(38-37-27)30-19(4-2)13-24-26(17-34-18-28(24)36-30)20-8-10-32-11-9-20/h6-8,10-12,14-20H,3-5,9,13H2,1-2H3,(H,35,39)(H,37,38). The lowest BCUT2D eigenvalue weighted by Gasteiger charge is -2.27. The van der Waals surface area contributed by atoms with Crippen LogP contribution in [0.2, 0.25) is 0 Å². The van der Waals surface area contributed by atoms with Gasteiger partial charge in [-0.3, -0.25) is 24.9 Å². The lowest BCUT2D eigenvalue weighted by atomic mass is 9.82. The van der Waals surface area contributed by atoms with E-state index in [1.165, 1.54) is 11.1 Å². The van der Waals surface area contributed by atoms with Crippen LogP contribution >= 0.6 is 0 Å². The molecule has 0 saturated heterocycles. The number of allylic oxidation sites excluding steroid dienone is 1. The molecule has 4 aromatic rings. The van der Waals surface area contributed by atoms with Crippen molar-refractivity contribution in [2.24, 2.45) is 15.9 Å². The second kappa shape index (κ2) is 10.7. The maximum atomic E-state index is 12.1. The first-order valence-electron chi connectivity index (χ1n) is 13.6. The summed E-state index contributed by atoms with van der Waals surface area (Å²) in [5, 5.41) is 11.9. The molecule has 3 aromatic heterocycles. The fourth-order valence-electron chi connectivity index (χ4n) is 5.48. The number of rotatable bonds is 7. The quantitative estimate of drug-likeness (QED) is 0.290. The van der Waals surface area contributed by atoms with Crippen molar-refractivity contribution in [1.82, 2.24) is 20.2 Å². The van der Waals surface area contributed by atoms with Crippen LogP contribution in [0.25, 0.3) is 22.0 Å². The number of hydrogen-bond donors (Lipinski definition) is 2. The van der Waals surface area contributed by atoms with Gasteiger partial charge in [-0.2, -0.15) is 5.10 Å². The number of carbonyl (C=O) groups excluding carboxylic acids is 1. The summed E-state index contributed by atoms with van der Waals surface area (Å²) < 4.78 is 0. The zero-order valence-corrected chi connectivity index (χ0v) is 22.2. The van der Waals surface area contributed by atoms with Crippen LogP contribution in [0.1, 0.15) is 62.3 Å². The Morgan fingerprint density at radius 2 is 1.97 bits per heavy atom. The molecular weight excluding hydrogens is 486 g/mol. The number of H-pyrrole nitrogens is 1. The lowest BCUT2D eigenvalue weighted by Crippen LogP contribution is -2.23. The maximum absolute atomic E-state index is 12.1. The maximum Gasteiger partial charge on any atom is 0.224 e. The number of aromatic amines is 1. The molecule has 0 bridgehead atoms. The van der Waals surface area contributed by atoms with Gasteiger partial charge in [0, 0.05) is 54.0 Å². The van der Waals surface area contributed by atoms with E-state index in [0.29, 0.717) is 12.1 Å². The molecular formula is C31H31N7O. The van der Waals surface area contributed by atoms with Gasteiger partial charge in [-0.25, -0.2) is 4.99 Å². The SMILES string of the molecule is CCCC(=O)Nc1cncc(-c2ccc3[nH]nc(C4=Nc5cncc(C6C=CN=CC6)c5CC4CC)c3c2)c1. The smallest absolute Gasteiger partial charge is 0.224 e. The highest BCUT2D eigenvalue weighted by Gasteiger charge is 2.29. The Hall–Kier alpha value is -4.46. The van der Waals surface area contributed by atoms with Crippen molar-refractivity contribution < 1.29 is 4.79 Å². The van der Waals surface area contributed by atoms with Crippen LogP contribution in [0.15, 0.2) is 71.3 Å². The normalized spacial score (nSPS) is 18.2. The first-order chi connectivity index (χ1) is 19.1. The molecule has 5 heterocycles. The predicted octanol–water partition coefficient (Wildman–Crippen LogP) is 6.53. The molecule has 1 aromatic carbocycles. The highest BCUT2D eigenvalue weighted by molar-refractivity contribution is 6.12. The number of benzene rings is 1. The van der Waals surface area contributed by atoms with Gasteiger partial charge in [0.15, 0.2) is 0 Å². The van der Waals surface area contributed by atoms with Crippen LogP contribution in [-0.4, -0.2) is 38.0 Å². The Morgan fingerprint density at radius 1 is 1.08 bits per heavy atom. The number of nitrogens with zero attached hydrogens (tertiary/aromatic N) is 5. The monoisotopic (exact) mass is 517 g/mol. The molecule has 196 valence electrons. The van der Waals surface area contributed by atoms with Crippen molar-refractivity contribution in [1.29, 1.82) is 0 Å². The summed E-state index contributed by atoms with van der Waals surface area (Å²) in [5.74, 6) is 0.522. The third-order valence-electron chi connectivity index (χ3n) is 7.55. The lowest BCUT2D eigenvalue weighted by molar-refractivity contribution is -0.116.